The summed E-state index contributed by atoms with van der Waals surface area (Å²) >= 11 is 1.11. The van der Waals surface area contributed by atoms with Crippen molar-refractivity contribution in [2.45, 2.75) is 18.2 Å². The van der Waals surface area contributed by atoms with Gasteiger partial charge in [0.2, 0.25) is 0 Å². The van der Waals surface area contributed by atoms with Gasteiger partial charge in [-0.05, 0) is 22.9 Å². The summed E-state index contributed by atoms with van der Waals surface area (Å²) in [5, 5.41) is 0. The normalized spacial score (nSPS) is 9.62. The smallest absolute Gasteiger partial charge is 0.318 e. The Bertz CT molecular complexity index is 262. The highest BCUT2D eigenvalue weighted by Crippen LogP contribution is 2.31. The van der Waals surface area contributed by atoms with E-state index in [1.54, 1.807) is 6.92 Å². The van der Waals surface area contributed by atoms with Gasteiger partial charge in [-0.15, -0.1) is 0 Å². The van der Waals surface area contributed by atoms with Crippen molar-refractivity contribution in [2.24, 2.45) is 0 Å². The van der Waals surface area contributed by atoms with Crippen LogP contribution >= 0.6 is 21.9 Å². The van der Waals surface area contributed by atoms with E-state index in [1.165, 1.54) is 10.8 Å². The topological polar surface area (TPSA) is 26.3 Å². The first kappa shape index (κ1) is 10.5. The summed E-state index contributed by atoms with van der Waals surface area (Å²) in [5.74, 6) is -0.187. The summed E-state index contributed by atoms with van der Waals surface area (Å²) in [6, 6.07) is 9.79. The van der Waals surface area contributed by atoms with Crippen LogP contribution in [-0.4, -0.2) is 5.97 Å². The minimum absolute atomic E-state index is 0.187. The molecule has 0 unspecified atom stereocenters. The zero-order valence-corrected chi connectivity index (χ0v) is 8.86. The second-order valence-electron chi connectivity index (χ2n) is 2.27. The van der Waals surface area contributed by atoms with E-state index in [0.29, 0.717) is 6.42 Å². The fourth-order valence-corrected chi connectivity index (χ4v) is 2.10. The van der Waals surface area contributed by atoms with Gasteiger partial charge in [0.05, 0.1) is 0 Å². The molecule has 0 aliphatic carbocycles. The van der Waals surface area contributed by atoms with E-state index in [4.69, 9.17) is 4.18 Å². The van der Waals surface area contributed by atoms with E-state index in [2.05, 4.69) is 0 Å². The van der Waals surface area contributed by atoms with Crippen molar-refractivity contribution in [3.05, 3.63) is 30.3 Å². The van der Waals surface area contributed by atoms with Gasteiger partial charge in [0.1, 0.15) is 11.1 Å². The molecule has 2 nitrogen and oxygen atoms in total. The predicted octanol–water partition coefficient (Wildman–Crippen LogP) is 3.30. The average Bonchev–Trinajstić information content (AvgIpc) is 2.19. The van der Waals surface area contributed by atoms with Crippen molar-refractivity contribution in [1.29, 1.82) is 0 Å². The number of hydrogen-bond donors (Lipinski definition) is 0. The summed E-state index contributed by atoms with van der Waals surface area (Å²) in [6.45, 7) is 1.77. The third-order valence-electron chi connectivity index (χ3n) is 1.29. The molecular formula is C9H10O2S2. The third kappa shape index (κ3) is 4.24. The molecular weight excluding hydrogens is 204 g/mol. The maximum absolute atomic E-state index is 10.7. The Labute approximate surface area is 85.7 Å². The Morgan fingerprint density at radius 3 is 2.69 bits per heavy atom. The summed E-state index contributed by atoms with van der Waals surface area (Å²) in [4.78, 5) is 11.8. The van der Waals surface area contributed by atoms with Gasteiger partial charge < -0.3 is 4.18 Å². The summed E-state index contributed by atoms with van der Waals surface area (Å²) in [6.07, 6.45) is 0.419. The van der Waals surface area contributed by atoms with Crippen LogP contribution in [0.3, 0.4) is 0 Å². The molecule has 0 saturated carbocycles. The van der Waals surface area contributed by atoms with Gasteiger partial charge in [-0.2, -0.15) is 0 Å². The molecule has 0 amide bonds. The highest BCUT2D eigenvalue weighted by Gasteiger charge is 2.00. The molecule has 0 aliphatic heterocycles. The molecule has 0 aromatic heterocycles. The number of carbonyl (C=O) groups excluding carboxylic acids is 1. The van der Waals surface area contributed by atoms with Crippen LogP contribution < -0.4 is 0 Å². The molecule has 1 aromatic rings. The largest absolute Gasteiger partial charge is 0.379 e. The van der Waals surface area contributed by atoms with Gasteiger partial charge in [-0.25, -0.2) is 0 Å². The van der Waals surface area contributed by atoms with Crippen molar-refractivity contribution >= 4 is 27.8 Å². The average molecular weight is 214 g/mol. The van der Waals surface area contributed by atoms with Crippen LogP contribution in [0.2, 0.25) is 0 Å². The fraction of sp³-hybridized carbons (Fsp3) is 0.222. The lowest BCUT2D eigenvalue weighted by molar-refractivity contribution is -0.132. The molecule has 0 atom stereocenters. The molecule has 0 aliphatic rings. The third-order valence-corrected chi connectivity index (χ3v) is 3.06. The lowest BCUT2D eigenvalue weighted by Crippen LogP contribution is -1.92. The van der Waals surface area contributed by atoms with Gasteiger partial charge in [0.25, 0.3) is 0 Å². The molecule has 0 fully saturated rings. The first-order chi connectivity index (χ1) is 6.33. The van der Waals surface area contributed by atoms with E-state index < -0.39 is 0 Å². The van der Waals surface area contributed by atoms with E-state index in [9.17, 15) is 4.79 Å². The van der Waals surface area contributed by atoms with Crippen molar-refractivity contribution < 1.29 is 8.98 Å². The van der Waals surface area contributed by atoms with Gasteiger partial charge in [0, 0.05) is 11.3 Å². The number of rotatable bonds is 4. The Morgan fingerprint density at radius 2 is 2.08 bits per heavy atom. The molecule has 0 spiro atoms. The molecule has 4 heteroatoms. The maximum atomic E-state index is 10.7. The lowest BCUT2D eigenvalue weighted by Gasteiger charge is -1.99. The van der Waals surface area contributed by atoms with E-state index in [0.717, 1.165) is 16.0 Å². The van der Waals surface area contributed by atoms with Gasteiger partial charge in [0.15, 0.2) is 0 Å². The van der Waals surface area contributed by atoms with Crippen LogP contribution in [-0.2, 0) is 8.98 Å². The van der Waals surface area contributed by atoms with Crippen LogP contribution in [0.25, 0.3) is 0 Å². The predicted molar refractivity (Wildman–Crippen MR) is 56.3 cm³/mol. The number of carbonyl (C=O) groups is 1. The monoisotopic (exact) mass is 214 g/mol. The lowest BCUT2D eigenvalue weighted by atomic mass is 10.4. The van der Waals surface area contributed by atoms with Gasteiger partial charge in [-0.1, -0.05) is 25.1 Å². The standard InChI is InChI=1S/C9H10O2S2/c1-2-9(10)11-13-12-8-6-4-3-5-7-8/h3-7H,2H2,1H3. The first-order valence-corrected chi connectivity index (χ1v) is 5.99. The van der Waals surface area contributed by atoms with Crippen LogP contribution in [0, 0.1) is 0 Å². The molecule has 13 heavy (non-hydrogen) atoms. The minimum Gasteiger partial charge on any atom is -0.379 e. The summed E-state index contributed by atoms with van der Waals surface area (Å²) < 4.78 is 4.84. The van der Waals surface area contributed by atoms with Crippen molar-refractivity contribution in [1.82, 2.24) is 0 Å². The summed E-state index contributed by atoms with van der Waals surface area (Å²) in [5.41, 5.74) is 0. The second-order valence-corrected chi connectivity index (χ2v) is 4.12. The first-order valence-electron chi connectivity index (χ1n) is 3.92. The van der Waals surface area contributed by atoms with E-state index in [1.807, 2.05) is 30.3 Å². The second kappa shape index (κ2) is 5.94. The molecule has 0 N–H and O–H groups in total. The SMILES string of the molecule is CCC(=O)OSSc1ccccc1. The number of benzene rings is 1. The van der Waals surface area contributed by atoms with Crippen LogP contribution in [0.5, 0.6) is 0 Å². The van der Waals surface area contributed by atoms with E-state index in [-0.39, 0.29) is 5.97 Å². The number of hydrogen-bond acceptors (Lipinski definition) is 4. The zero-order chi connectivity index (χ0) is 9.52. The Balaban J connectivity index is 2.24. The van der Waals surface area contributed by atoms with Gasteiger partial charge in [-0.3, -0.25) is 4.79 Å². The Kier molecular flexibility index (Phi) is 4.78. The van der Waals surface area contributed by atoms with E-state index >= 15 is 0 Å². The molecule has 0 heterocycles. The van der Waals surface area contributed by atoms with Crippen LogP contribution in [0.15, 0.2) is 35.2 Å². The highest BCUT2D eigenvalue weighted by molar-refractivity contribution is 8.75. The highest BCUT2D eigenvalue weighted by atomic mass is 33.1. The Hall–Kier alpha value is -0.610. The molecule has 1 aromatic carbocycles. The zero-order valence-electron chi connectivity index (χ0n) is 7.23. The quantitative estimate of drug-likeness (QED) is 0.567. The minimum atomic E-state index is -0.187. The Morgan fingerprint density at radius 1 is 1.38 bits per heavy atom. The molecule has 0 bridgehead atoms. The summed E-state index contributed by atoms with van der Waals surface area (Å²) in [7, 11) is 1.44. The fourth-order valence-electron chi connectivity index (χ4n) is 0.629. The van der Waals surface area contributed by atoms with Crippen LogP contribution in [0.4, 0.5) is 0 Å². The van der Waals surface area contributed by atoms with Crippen molar-refractivity contribution in [3.8, 4) is 0 Å². The molecule has 0 saturated heterocycles. The molecule has 0 radical (unpaired) electrons. The van der Waals surface area contributed by atoms with Crippen LogP contribution in [0.1, 0.15) is 13.3 Å². The molecule has 1 rings (SSSR count). The van der Waals surface area contributed by atoms with Crippen molar-refractivity contribution in [3.63, 3.8) is 0 Å². The van der Waals surface area contributed by atoms with Gasteiger partial charge >= 0.3 is 5.97 Å². The van der Waals surface area contributed by atoms with Crippen molar-refractivity contribution in [2.75, 3.05) is 0 Å². The maximum Gasteiger partial charge on any atom is 0.318 e. The molecule has 70 valence electrons.